The number of aromatic nitrogens is 1. The minimum Gasteiger partial charge on any atom is -0.324 e. The third-order valence-electron chi connectivity index (χ3n) is 3.09. The van der Waals surface area contributed by atoms with E-state index in [1.807, 2.05) is 6.07 Å². The van der Waals surface area contributed by atoms with E-state index in [1.165, 1.54) is 0 Å². The van der Waals surface area contributed by atoms with Crippen molar-refractivity contribution in [1.29, 1.82) is 0 Å². The van der Waals surface area contributed by atoms with Crippen molar-refractivity contribution in [3.8, 4) is 0 Å². The third kappa shape index (κ3) is 2.66. The van der Waals surface area contributed by atoms with E-state index in [1.54, 1.807) is 6.07 Å². The van der Waals surface area contributed by atoms with Gasteiger partial charge in [0.25, 0.3) is 0 Å². The molecule has 0 radical (unpaired) electrons. The van der Waals surface area contributed by atoms with Gasteiger partial charge in [-0.2, -0.15) is 0 Å². The minimum atomic E-state index is -0.0423. The maximum absolute atomic E-state index is 6.23. The van der Waals surface area contributed by atoms with Gasteiger partial charge in [0.1, 0.15) is 10.3 Å². The molecule has 1 aromatic rings. The molecule has 1 saturated heterocycles. The summed E-state index contributed by atoms with van der Waals surface area (Å²) >= 11 is 11.8. The SMILES string of the molecule is N[C@@H](c1ccc(Cl)nc1Cl)C1CCNCC1. The topological polar surface area (TPSA) is 50.9 Å². The fraction of sp³-hybridized carbons (Fsp3) is 0.545. The number of nitrogens with zero attached hydrogens (tertiary/aromatic N) is 1. The van der Waals surface area contributed by atoms with Gasteiger partial charge in [0.05, 0.1) is 0 Å². The summed E-state index contributed by atoms with van der Waals surface area (Å²) in [5, 5.41) is 4.16. The van der Waals surface area contributed by atoms with Gasteiger partial charge in [-0.05, 0) is 37.9 Å². The summed E-state index contributed by atoms with van der Waals surface area (Å²) in [5.41, 5.74) is 7.13. The predicted octanol–water partition coefficient (Wildman–Crippen LogP) is 2.39. The van der Waals surface area contributed by atoms with E-state index < -0.39 is 0 Å². The van der Waals surface area contributed by atoms with E-state index in [-0.39, 0.29) is 6.04 Å². The molecule has 1 aromatic heterocycles. The van der Waals surface area contributed by atoms with Crippen molar-refractivity contribution < 1.29 is 0 Å². The highest BCUT2D eigenvalue weighted by atomic mass is 35.5. The van der Waals surface area contributed by atoms with Crippen molar-refractivity contribution in [3.05, 3.63) is 28.0 Å². The van der Waals surface area contributed by atoms with Crippen LogP contribution >= 0.6 is 23.2 Å². The zero-order valence-electron chi connectivity index (χ0n) is 8.92. The molecule has 1 aliphatic heterocycles. The van der Waals surface area contributed by atoms with Gasteiger partial charge in [-0.15, -0.1) is 0 Å². The molecule has 5 heteroatoms. The molecule has 0 amide bonds. The summed E-state index contributed by atoms with van der Waals surface area (Å²) < 4.78 is 0. The minimum absolute atomic E-state index is 0.0423. The van der Waals surface area contributed by atoms with Crippen LogP contribution in [-0.4, -0.2) is 18.1 Å². The molecular weight excluding hydrogens is 245 g/mol. The van der Waals surface area contributed by atoms with Crippen molar-refractivity contribution in [3.63, 3.8) is 0 Å². The van der Waals surface area contributed by atoms with Gasteiger partial charge in [0, 0.05) is 11.6 Å². The van der Waals surface area contributed by atoms with E-state index in [2.05, 4.69) is 10.3 Å². The van der Waals surface area contributed by atoms with Crippen molar-refractivity contribution in [1.82, 2.24) is 10.3 Å². The Morgan fingerprint density at radius 2 is 2.00 bits per heavy atom. The van der Waals surface area contributed by atoms with Gasteiger partial charge in [-0.25, -0.2) is 4.98 Å². The summed E-state index contributed by atoms with van der Waals surface area (Å²) in [7, 11) is 0. The predicted molar refractivity (Wildman–Crippen MR) is 66.8 cm³/mol. The van der Waals surface area contributed by atoms with Crippen molar-refractivity contribution in [2.24, 2.45) is 11.7 Å². The van der Waals surface area contributed by atoms with Crippen molar-refractivity contribution >= 4 is 23.2 Å². The summed E-state index contributed by atoms with van der Waals surface area (Å²) in [6.07, 6.45) is 2.17. The first-order valence-corrected chi connectivity index (χ1v) is 6.22. The largest absolute Gasteiger partial charge is 0.324 e. The fourth-order valence-corrected chi connectivity index (χ4v) is 2.60. The summed E-state index contributed by atoms with van der Waals surface area (Å²) in [5.74, 6) is 0.474. The Balaban J connectivity index is 2.15. The highest BCUT2D eigenvalue weighted by Crippen LogP contribution is 2.30. The quantitative estimate of drug-likeness (QED) is 0.803. The second-order valence-corrected chi connectivity index (χ2v) is 4.87. The molecule has 16 heavy (non-hydrogen) atoms. The Kier molecular flexibility index (Phi) is 4.03. The number of halogens is 2. The zero-order valence-corrected chi connectivity index (χ0v) is 10.4. The van der Waals surface area contributed by atoms with Crippen LogP contribution in [0.4, 0.5) is 0 Å². The fourth-order valence-electron chi connectivity index (χ4n) is 2.13. The molecule has 1 aliphatic rings. The van der Waals surface area contributed by atoms with Crippen molar-refractivity contribution in [2.45, 2.75) is 18.9 Å². The van der Waals surface area contributed by atoms with Crippen LogP contribution in [0.2, 0.25) is 10.3 Å². The maximum Gasteiger partial charge on any atom is 0.135 e. The number of pyridine rings is 1. The Labute approximate surface area is 105 Å². The van der Waals surface area contributed by atoms with Gasteiger partial charge >= 0.3 is 0 Å². The molecule has 0 aromatic carbocycles. The molecule has 1 fully saturated rings. The molecular formula is C11H15Cl2N3. The number of rotatable bonds is 2. The molecule has 0 bridgehead atoms. The van der Waals surface area contributed by atoms with E-state index in [4.69, 9.17) is 28.9 Å². The monoisotopic (exact) mass is 259 g/mol. The number of nitrogens with one attached hydrogen (secondary N) is 1. The second-order valence-electron chi connectivity index (χ2n) is 4.13. The lowest BCUT2D eigenvalue weighted by Gasteiger charge is -2.28. The lowest BCUT2D eigenvalue weighted by molar-refractivity contribution is 0.322. The van der Waals surface area contributed by atoms with Crippen LogP contribution < -0.4 is 11.1 Å². The Bertz CT molecular complexity index is 364. The first-order valence-electron chi connectivity index (χ1n) is 5.46. The van der Waals surface area contributed by atoms with Gasteiger partial charge in [-0.3, -0.25) is 0 Å². The number of hydrogen-bond acceptors (Lipinski definition) is 3. The molecule has 88 valence electrons. The Morgan fingerprint density at radius 3 is 2.62 bits per heavy atom. The van der Waals surface area contributed by atoms with Crippen LogP contribution in [0.1, 0.15) is 24.4 Å². The first-order chi connectivity index (χ1) is 7.68. The molecule has 0 unspecified atom stereocenters. The lowest BCUT2D eigenvalue weighted by Crippen LogP contribution is -2.33. The van der Waals surface area contributed by atoms with Crippen molar-refractivity contribution in [2.75, 3.05) is 13.1 Å². The molecule has 3 nitrogen and oxygen atoms in total. The highest BCUT2D eigenvalue weighted by Gasteiger charge is 2.23. The van der Waals surface area contributed by atoms with E-state index in [9.17, 15) is 0 Å². The first kappa shape index (κ1) is 12.1. The van der Waals surface area contributed by atoms with Crippen LogP contribution in [0.3, 0.4) is 0 Å². The van der Waals surface area contributed by atoms with Crippen LogP contribution in [0.5, 0.6) is 0 Å². The summed E-state index contributed by atoms with van der Waals surface area (Å²) in [6.45, 7) is 2.05. The van der Waals surface area contributed by atoms with Gasteiger partial charge in [0.2, 0.25) is 0 Å². The lowest BCUT2D eigenvalue weighted by atomic mass is 9.87. The smallest absolute Gasteiger partial charge is 0.135 e. The molecule has 0 aliphatic carbocycles. The molecule has 2 rings (SSSR count). The summed E-state index contributed by atoms with van der Waals surface area (Å²) in [6, 6.07) is 3.58. The number of nitrogens with two attached hydrogens (primary N) is 1. The average molecular weight is 260 g/mol. The maximum atomic E-state index is 6.23. The number of piperidine rings is 1. The molecule has 0 saturated carbocycles. The number of hydrogen-bond donors (Lipinski definition) is 2. The Hall–Kier alpha value is -0.350. The van der Waals surface area contributed by atoms with Crippen LogP contribution in [-0.2, 0) is 0 Å². The second kappa shape index (κ2) is 5.32. The normalized spacial score (nSPS) is 19.7. The third-order valence-corrected chi connectivity index (χ3v) is 3.61. The molecule has 2 heterocycles. The Morgan fingerprint density at radius 1 is 1.31 bits per heavy atom. The van der Waals surface area contributed by atoms with Crippen LogP contribution in [0.15, 0.2) is 12.1 Å². The molecule has 1 atom stereocenters. The van der Waals surface area contributed by atoms with Gasteiger partial charge in [-0.1, -0.05) is 29.3 Å². The van der Waals surface area contributed by atoms with Crippen LogP contribution in [0, 0.1) is 5.92 Å². The van der Waals surface area contributed by atoms with Crippen LogP contribution in [0.25, 0.3) is 0 Å². The average Bonchev–Trinajstić information content (AvgIpc) is 2.29. The zero-order chi connectivity index (χ0) is 11.5. The van der Waals surface area contributed by atoms with E-state index >= 15 is 0 Å². The molecule has 0 spiro atoms. The van der Waals surface area contributed by atoms with E-state index in [0.717, 1.165) is 31.5 Å². The standard InChI is InChI=1S/C11H15Cl2N3/c12-9-2-1-8(11(13)16-9)10(14)7-3-5-15-6-4-7/h1-2,7,10,15H,3-6,14H2/t10-/m1/s1. The van der Waals surface area contributed by atoms with Gasteiger partial charge in [0.15, 0.2) is 0 Å². The highest BCUT2D eigenvalue weighted by molar-refractivity contribution is 6.32. The van der Waals surface area contributed by atoms with Gasteiger partial charge < -0.3 is 11.1 Å². The van der Waals surface area contributed by atoms with E-state index in [0.29, 0.717) is 16.2 Å². The molecule has 3 N–H and O–H groups in total. The summed E-state index contributed by atoms with van der Waals surface area (Å²) in [4.78, 5) is 4.02.